The van der Waals surface area contributed by atoms with Crippen molar-refractivity contribution in [1.29, 1.82) is 0 Å². The van der Waals surface area contributed by atoms with Gasteiger partial charge in [-0.05, 0) is 98.9 Å². The van der Waals surface area contributed by atoms with Gasteiger partial charge in [0.1, 0.15) is 11.0 Å². The summed E-state index contributed by atoms with van der Waals surface area (Å²) in [6, 6.07) is 66.8. The maximum absolute atomic E-state index is 6.16. The molecule has 12 aromatic rings. The average Bonchev–Trinajstić information content (AvgIpc) is 3.96. The van der Waals surface area contributed by atoms with Crippen LogP contribution in [0.4, 0.5) is 0 Å². The number of para-hydroxylation sites is 4. The first kappa shape index (κ1) is 33.9. The van der Waals surface area contributed by atoms with E-state index < -0.39 is 0 Å². The molecule has 12 rings (SSSR count). The molecule has 0 aliphatic heterocycles. The van der Waals surface area contributed by atoms with Crippen molar-refractivity contribution in [2.75, 3.05) is 0 Å². The summed E-state index contributed by atoms with van der Waals surface area (Å²) < 4.78 is 12.3. The van der Waals surface area contributed by atoms with Gasteiger partial charge in [-0.15, -0.1) is 0 Å². The molecule has 0 amide bonds. The van der Waals surface area contributed by atoms with Gasteiger partial charge in [0.2, 0.25) is 11.8 Å². The summed E-state index contributed by atoms with van der Waals surface area (Å²) in [5.74, 6) is 1.76. The number of benzene rings is 9. The number of rotatable bonds is 6. The lowest BCUT2D eigenvalue weighted by molar-refractivity contribution is 0.619. The fourth-order valence-corrected chi connectivity index (χ4v) is 8.40. The maximum Gasteiger partial charge on any atom is 0.227 e. The molecular weight excluding hydrogens is 737 g/mol. The van der Waals surface area contributed by atoms with Crippen molar-refractivity contribution >= 4 is 54.6 Å². The quantitative estimate of drug-likeness (QED) is 0.168. The molecule has 0 N–H and O–H groups in total. The van der Waals surface area contributed by atoms with Crippen LogP contribution in [0, 0.1) is 0 Å². The minimum Gasteiger partial charge on any atom is -0.436 e. The second kappa shape index (κ2) is 13.7. The van der Waals surface area contributed by atoms with Gasteiger partial charge in [0, 0.05) is 33.2 Å². The van der Waals surface area contributed by atoms with E-state index in [0.29, 0.717) is 17.6 Å². The van der Waals surface area contributed by atoms with Gasteiger partial charge >= 0.3 is 0 Å². The highest BCUT2D eigenvalue weighted by atomic mass is 16.4. The number of hydrogen-bond acceptors (Lipinski definition) is 6. The summed E-state index contributed by atoms with van der Waals surface area (Å²) in [6.45, 7) is 0. The van der Waals surface area contributed by atoms with Gasteiger partial charge in [-0.1, -0.05) is 133 Å². The zero-order valence-electron chi connectivity index (χ0n) is 32.1. The van der Waals surface area contributed by atoms with Crippen molar-refractivity contribution in [2.45, 2.75) is 0 Å². The van der Waals surface area contributed by atoms with Gasteiger partial charge in [0.15, 0.2) is 17.0 Å². The summed E-state index contributed by atoms with van der Waals surface area (Å²) in [4.78, 5) is 20.4. The molecular formula is C54H32N4O2. The fraction of sp³-hybridized carbons (Fsp3) is 0. The van der Waals surface area contributed by atoms with E-state index in [1.165, 1.54) is 10.8 Å². The van der Waals surface area contributed by atoms with E-state index >= 15 is 0 Å². The molecule has 0 unspecified atom stereocenters. The van der Waals surface area contributed by atoms with Crippen LogP contribution in [0.15, 0.2) is 203 Å². The van der Waals surface area contributed by atoms with Crippen LogP contribution in [0.1, 0.15) is 0 Å². The van der Waals surface area contributed by atoms with E-state index in [0.717, 1.165) is 94.1 Å². The van der Waals surface area contributed by atoms with Gasteiger partial charge in [0.05, 0.1) is 11.2 Å². The molecule has 0 saturated heterocycles. The average molecular weight is 769 g/mol. The Bertz CT molecular complexity index is 3530. The molecule has 60 heavy (non-hydrogen) atoms. The number of oxazole rings is 2. The van der Waals surface area contributed by atoms with Crippen molar-refractivity contribution in [3.63, 3.8) is 0 Å². The van der Waals surface area contributed by atoms with Crippen LogP contribution in [-0.2, 0) is 0 Å². The molecule has 0 fully saturated rings. The molecule has 0 spiro atoms. The summed E-state index contributed by atoms with van der Waals surface area (Å²) >= 11 is 0. The largest absolute Gasteiger partial charge is 0.436 e. The minimum absolute atomic E-state index is 0.570. The summed E-state index contributed by atoms with van der Waals surface area (Å²) in [6.07, 6.45) is 0. The van der Waals surface area contributed by atoms with E-state index in [9.17, 15) is 0 Å². The Morgan fingerprint density at radius 2 is 0.817 bits per heavy atom. The van der Waals surface area contributed by atoms with Crippen LogP contribution in [0.5, 0.6) is 0 Å². The van der Waals surface area contributed by atoms with E-state index in [1.54, 1.807) is 0 Å². The molecule has 6 nitrogen and oxygen atoms in total. The SMILES string of the molecule is c1ccc2c(-c3cc(-c4cccc5ccccc45)c4nc(-c5ccc(-c6nc7ccccc7o6)cc5)nc(-c5ccc(-c6nc7ccccc7o6)cc5)c4c3)cccc2c1. The number of nitrogens with zero attached hydrogens (tertiary/aromatic N) is 4. The summed E-state index contributed by atoms with van der Waals surface area (Å²) in [7, 11) is 0. The third-order valence-corrected chi connectivity index (χ3v) is 11.4. The first-order chi connectivity index (χ1) is 29.7. The molecule has 6 heteroatoms. The van der Waals surface area contributed by atoms with Gasteiger partial charge in [-0.25, -0.2) is 19.9 Å². The highest BCUT2D eigenvalue weighted by Gasteiger charge is 2.20. The monoisotopic (exact) mass is 768 g/mol. The van der Waals surface area contributed by atoms with E-state index in [4.69, 9.17) is 28.8 Å². The predicted molar refractivity (Wildman–Crippen MR) is 242 cm³/mol. The van der Waals surface area contributed by atoms with Crippen molar-refractivity contribution in [2.24, 2.45) is 0 Å². The Morgan fingerprint density at radius 1 is 0.317 bits per heavy atom. The maximum atomic E-state index is 6.16. The van der Waals surface area contributed by atoms with Crippen LogP contribution in [0.2, 0.25) is 0 Å². The molecule has 0 atom stereocenters. The van der Waals surface area contributed by atoms with Crippen LogP contribution in [0.25, 0.3) is 122 Å². The molecule has 0 radical (unpaired) electrons. The number of aromatic nitrogens is 4. The molecule has 0 aliphatic rings. The van der Waals surface area contributed by atoms with Crippen LogP contribution in [-0.4, -0.2) is 19.9 Å². The van der Waals surface area contributed by atoms with Crippen LogP contribution >= 0.6 is 0 Å². The van der Waals surface area contributed by atoms with Crippen molar-refractivity contribution in [3.05, 3.63) is 194 Å². The smallest absolute Gasteiger partial charge is 0.227 e. The van der Waals surface area contributed by atoms with E-state index in [-0.39, 0.29) is 0 Å². The molecule has 0 bridgehead atoms. The van der Waals surface area contributed by atoms with Crippen LogP contribution in [0.3, 0.4) is 0 Å². The topological polar surface area (TPSA) is 77.8 Å². The molecule has 0 saturated carbocycles. The predicted octanol–water partition coefficient (Wildman–Crippen LogP) is 14.2. The molecule has 0 aliphatic carbocycles. The molecule has 9 aromatic carbocycles. The first-order valence-corrected chi connectivity index (χ1v) is 20.0. The summed E-state index contributed by atoms with van der Waals surface area (Å²) in [5, 5.41) is 5.64. The molecule has 280 valence electrons. The van der Waals surface area contributed by atoms with Crippen molar-refractivity contribution < 1.29 is 8.83 Å². The van der Waals surface area contributed by atoms with E-state index in [1.807, 2.05) is 72.8 Å². The van der Waals surface area contributed by atoms with Gasteiger partial charge in [-0.2, -0.15) is 0 Å². The second-order valence-electron chi connectivity index (χ2n) is 15.0. The van der Waals surface area contributed by atoms with Gasteiger partial charge < -0.3 is 8.83 Å². The lowest BCUT2D eigenvalue weighted by atomic mass is 9.90. The lowest BCUT2D eigenvalue weighted by Crippen LogP contribution is -1.98. The highest BCUT2D eigenvalue weighted by Crippen LogP contribution is 2.42. The summed E-state index contributed by atoms with van der Waals surface area (Å²) in [5.41, 5.74) is 12.8. The lowest BCUT2D eigenvalue weighted by Gasteiger charge is -2.17. The Balaban J connectivity index is 1.10. The molecule has 3 aromatic heterocycles. The third-order valence-electron chi connectivity index (χ3n) is 11.4. The fourth-order valence-electron chi connectivity index (χ4n) is 8.40. The first-order valence-electron chi connectivity index (χ1n) is 20.0. The standard InChI is InChI=1S/C54H32N4O2/c1-3-15-40-33(11-1)13-9-17-42(40)39-31-44(43-18-10-14-34-12-2-4-16-41(34)43)51-45(32-39)50(35-23-27-37(28-24-35)53-55-46-19-5-7-21-48(46)59-53)57-52(58-51)36-25-29-38(30-26-36)54-56-47-20-6-8-22-49(47)60-54/h1-32H. The Hall–Kier alpha value is -8.22. The van der Waals surface area contributed by atoms with Gasteiger partial charge in [-0.3, -0.25) is 0 Å². The Labute approximate surface area is 344 Å². The number of fused-ring (bicyclic) bond motifs is 5. The van der Waals surface area contributed by atoms with Crippen molar-refractivity contribution in [3.8, 4) is 67.8 Å². The van der Waals surface area contributed by atoms with Crippen molar-refractivity contribution in [1.82, 2.24) is 19.9 Å². The second-order valence-corrected chi connectivity index (χ2v) is 15.0. The van der Waals surface area contributed by atoms with E-state index in [2.05, 4.69) is 121 Å². The third kappa shape index (κ3) is 5.73. The Morgan fingerprint density at radius 3 is 1.43 bits per heavy atom. The highest BCUT2D eigenvalue weighted by molar-refractivity contribution is 6.10. The minimum atomic E-state index is 0.570. The van der Waals surface area contributed by atoms with Crippen LogP contribution < -0.4 is 0 Å². The molecule has 3 heterocycles. The normalized spacial score (nSPS) is 11.7. The van der Waals surface area contributed by atoms with Gasteiger partial charge in [0.25, 0.3) is 0 Å². The zero-order valence-corrected chi connectivity index (χ0v) is 32.1. The Kier molecular flexibility index (Phi) is 7.74. The zero-order chi connectivity index (χ0) is 39.6. The number of hydrogen-bond donors (Lipinski definition) is 0.